The van der Waals surface area contributed by atoms with Gasteiger partial charge in [-0.2, -0.15) is 4.98 Å². The molecule has 0 radical (unpaired) electrons. The highest BCUT2D eigenvalue weighted by molar-refractivity contribution is 5.74. The van der Waals surface area contributed by atoms with E-state index in [9.17, 15) is 4.79 Å². The number of primary amides is 1. The highest BCUT2D eigenvalue weighted by Gasteiger charge is 2.08. The number of aromatic nitrogens is 2. The zero-order valence-corrected chi connectivity index (χ0v) is 9.06. The molecule has 0 saturated heterocycles. The molecular weight excluding hydrogens is 210 g/mol. The van der Waals surface area contributed by atoms with Crippen LogP contribution in [0.4, 0.5) is 11.5 Å². The average molecular weight is 225 g/mol. The van der Waals surface area contributed by atoms with Crippen LogP contribution < -0.4 is 21.5 Å². The van der Waals surface area contributed by atoms with Crippen molar-refractivity contribution in [1.82, 2.24) is 9.97 Å². The van der Waals surface area contributed by atoms with Crippen LogP contribution in [-0.4, -0.2) is 29.0 Å². The Morgan fingerprint density at radius 3 is 2.94 bits per heavy atom. The van der Waals surface area contributed by atoms with Crippen molar-refractivity contribution < 1.29 is 9.53 Å². The van der Waals surface area contributed by atoms with Crippen LogP contribution >= 0.6 is 0 Å². The molecule has 88 valence electrons. The smallest absolute Gasteiger partial charge is 0.242 e. The predicted molar refractivity (Wildman–Crippen MR) is 59.9 cm³/mol. The summed E-state index contributed by atoms with van der Waals surface area (Å²) < 4.78 is 5.20. The summed E-state index contributed by atoms with van der Waals surface area (Å²) in [6.45, 7) is 2.69. The molecule has 7 heteroatoms. The number of nitrogens with zero attached hydrogens (tertiary/aromatic N) is 2. The molecule has 0 aromatic carbocycles. The fraction of sp³-hybridized carbons (Fsp3) is 0.444. The molecule has 1 aromatic heterocycles. The Morgan fingerprint density at radius 2 is 2.31 bits per heavy atom. The molecule has 1 aromatic rings. The maximum absolute atomic E-state index is 10.5. The summed E-state index contributed by atoms with van der Waals surface area (Å²) in [7, 11) is 0. The van der Waals surface area contributed by atoms with Crippen molar-refractivity contribution in [1.29, 1.82) is 0 Å². The van der Waals surface area contributed by atoms with E-state index in [1.54, 1.807) is 0 Å². The van der Waals surface area contributed by atoms with Crippen LogP contribution in [0.15, 0.2) is 6.33 Å². The van der Waals surface area contributed by atoms with Crippen LogP contribution in [0, 0.1) is 0 Å². The molecule has 0 atom stereocenters. The Kier molecular flexibility index (Phi) is 4.31. The maximum Gasteiger partial charge on any atom is 0.242 e. The lowest BCUT2D eigenvalue weighted by atomic mass is 10.4. The molecule has 1 amide bonds. The molecule has 0 bridgehead atoms. The van der Waals surface area contributed by atoms with Gasteiger partial charge in [-0.25, -0.2) is 4.98 Å². The first-order valence-corrected chi connectivity index (χ1v) is 4.90. The SMILES string of the molecule is CCOc1ncnc(NCCC(N)=O)c1N. The Morgan fingerprint density at radius 1 is 1.56 bits per heavy atom. The Bertz CT molecular complexity index is 369. The topological polar surface area (TPSA) is 116 Å². The number of hydrogen-bond acceptors (Lipinski definition) is 6. The van der Waals surface area contributed by atoms with Crippen molar-refractivity contribution in [2.45, 2.75) is 13.3 Å². The number of carbonyl (C=O) groups is 1. The second-order valence-electron chi connectivity index (χ2n) is 3.02. The van der Waals surface area contributed by atoms with E-state index in [2.05, 4.69) is 15.3 Å². The van der Waals surface area contributed by atoms with Crippen molar-refractivity contribution in [2.75, 3.05) is 24.2 Å². The second-order valence-corrected chi connectivity index (χ2v) is 3.02. The van der Waals surface area contributed by atoms with Gasteiger partial charge in [-0.05, 0) is 6.92 Å². The zero-order valence-electron chi connectivity index (χ0n) is 9.06. The summed E-state index contributed by atoms with van der Waals surface area (Å²) in [5.74, 6) is 0.393. The van der Waals surface area contributed by atoms with Crippen LogP contribution in [0.3, 0.4) is 0 Å². The summed E-state index contributed by atoms with van der Waals surface area (Å²) >= 11 is 0. The first-order valence-electron chi connectivity index (χ1n) is 4.90. The fourth-order valence-corrected chi connectivity index (χ4v) is 1.08. The highest BCUT2D eigenvalue weighted by Crippen LogP contribution is 2.24. The molecule has 0 aliphatic carbocycles. The third-order valence-corrected chi connectivity index (χ3v) is 1.79. The molecule has 0 aliphatic rings. The van der Waals surface area contributed by atoms with Crippen LogP contribution in [0.5, 0.6) is 5.88 Å². The lowest BCUT2D eigenvalue weighted by molar-refractivity contribution is -0.117. The van der Waals surface area contributed by atoms with Gasteiger partial charge in [0, 0.05) is 13.0 Å². The van der Waals surface area contributed by atoms with E-state index in [1.807, 2.05) is 6.92 Å². The number of anilines is 2. The van der Waals surface area contributed by atoms with Crippen molar-refractivity contribution in [2.24, 2.45) is 5.73 Å². The number of rotatable bonds is 6. The Hall–Kier alpha value is -2.05. The second kappa shape index (κ2) is 5.74. The van der Waals surface area contributed by atoms with Gasteiger partial charge in [-0.3, -0.25) is 4.79 Å². The number of nitrogen functional groups attached to an aromatic ring is 1. The number of amides is 1. The van der Waals surface area contributed by atoms with E-state index in [0.717, 1.165) is 0 Å². The van der Waals surface area contributed by atoms with Gasteiger partial charge in [0.25, 0.3) is 0 Å². The van der Waals surface area contributed by atoms with Crippen molar-refractivity contribution in [3.05, 3.63) is 6.33 Å². The normalized spacial score (nSPS) is 9.81. The number of ether oxygens (including phenoxy) is 1. The minimum atomic E-state index is -0.384. The lowest BCUT2D eigenvalue weighted by Crippen LogP contribution is -2.17. The van der Waals surface area contributed by atoms with Gasteiger partial charge in [-0.1, -0.05) is 0 Å². The Labute approximate surface area is 93.2 Å². The molecule has 7 nitrogen and oxygen atoms in total. The minimum absolute atomic E-state index is 0.216. The van der Waals surface area contributed by atoms with E-state index in [1.165, 1.54) is 6.33 Å². The summed E-state index contributed by atoms with van der Waals surface area (Å²) in [4.78, 5) is 18.4. The first kappa shape index (κ1) is 12.0. The van der Waals surface area contributed by atoms with E-state index >= 15 is 0 Å². The number of nitrogens with one attached hydrogen (secondary N) is 1. The molecule has 5 N–H and O–H groups in total. The van der Waals surface area contributed by atoms with E-state index < -0.39 is 0 Å². The quantitative estimate of drug-likeness (QED) is 0.614. The molecule has 0 saturated carbocycles. The monoisotopic (exact) mass is 225 g/mol. The third-order valence-electron chi connectivity index (χ3n) is 1.79. The fourth-order valence-electron chi connectivity index (χ4n) is 1.08. The number of carbonyl (C=O) groups excluding carboxylic acids is 1. The summed E-state index contributed by atoms with van der Waals surface area (Å²) in [5, 5.41) is 2.89. The molecule has 16 heavy (non-hydrogen) atoms. The molecule has 0 spiro atoms. The van der Waals surface area contributed by atoms with Crippen molar-refractivity contribution >= 4 is 17.4 Å². The summed E-state index contributed by atoms with van der Waals surface area (Å²) in [6.07, 6.45) is 1.56. The van der Waals surface area contributed by atoms with E-state index in [0.29, 0.717) is 30.5 Å². The summed E-state index contributed by atoms with van der Waals surface area (Å²) in [5.41, 5.74) is 11.1. The van der Waals surface area contributed by atoms with Crippen LogP contribution in [0.1, 0.15) is 13.3 Å². The van der Waals surface area contributed by atoms with Gasteiger partial charge < -0.3 is 21.5 Å². The number of nitrogens with two attached hydrogens (primary N) is 2. The van der Waals surface area contributed by atoms with Crippen LogP contribution in [-0.2, 0) is 4.79 Å². The molecule has 1 heterocycles. The van der Waals surface area contributed by atoms with Crippen molar-refractivity contribution in [3.8, 4) is 5.88 Å². The number of hydrogen-bond donors (Lipinski definition) is 3. The Balaban J connectivity index is 2.65. The largest absolute Gasteiger partial charge is 0.476 e. The van der Waals surface area contributed by atoms with Gasteiger partial charge in [0.05, 0.1) is 6.61 Å². The van der Waals surface area contributed by atoms with E-state index in [4.69, 9.17) is 16.2 Å². The molecule has 0 fully saturated rings. The zero-order chi connectivity index (χ0) is 12.0. The first-order chi connectivity index (χ1) is 7.65. The van der Waals surface area contributed by atoms with Crippen LogP contribution in [0.25, 0.3) is 0 Å². The third kappa shape index (κ3) is 3.26. The highest BCUT2D eigenvalue weighted by atomic mass is 16.5. The van der Waals surface area contributed by atoms with Gasteiger partial charge in [0.2, 0.25) is 11.8 Å². The molecule has 0 aliphatic heterocycles. The van der Waals surface area contributed by atoms with Gasteiger partial charge >= 0.3 is 0 Å². The van der Waals surface area contributed by atoms with E-state index in [-0.39, 0.29) is 12.3 Å². The van der Waals surface area contributed by atoms with Crippen LogP contribution in [0.2, 0.25) is 0 Å². The van der Waals surface area contributed by atoms with Gasteiger partial charge in [-0.15, -0.1) is 0 Å². The van der Waals surface area contributed by atoms with Gasteiger partial charge in [0.15, 0.2) is 5.82 Å². The molecule has 0 unspecified atom stereocenters. The standard InChI is InChI=1S/C9H15N5O2/c1-2-16-9-7(11)8(13-5-14-9)12-4-3-6(10)15/h5H,2-4,11H2,1H3,(H2,10,15)(H,12,13,14). The van der Waals surface area contributed by atoms with Gasteiger partial charge in [0.1, 0.15) is 12.0 Å². The van der Waals surface area contributed by atoms with Crippen molar-refractivity contribution in [3.63, 3.8) is 0 Å². The maximum atomic E-state index is 10.5. The summed E-state index contributed by atoms with van der Waals surface area (Å²) in [6, 6.07) is 0. The molecular formula is C9H15N5O2. The minimum Gasteiger partial charge on any atom is -0.476 e. The predicted octanol–water partition coefficient (Wildman–Crippen LogP) is -0.255. The average Bonchev–Trinajstić information content (AvgIpc) is 2.23. The lowest BCUT2D eigenvalue weighted by Gasteiger charge is -2.10. The molecule has 1 rings (SSSR count).